The minimum absolute atomic E-state index is 0.317. The second-order valence-corrected chi connectivity index (χ2v) is 8.76. The number of aromatic nitrogens is 2. The van der Waals surface area contributed by atoms with E-state index in [2.05, 4.69) is 107 Å². The van der Waals surface area contributed by atoms with E-state index in [1.165, 1.54) is 22.2 Å². The van der Waals surface area contributed by atoms with E-state index in [1.54, 1.807) is 0 Å². The number of rotatable bonds is 6. The molecule has 1 aliphatic rings. The monoisotopic (exact) mass is 424 g/mol. The average Bonchev–Trinajstić information content (AvgIpc) is 3.16. The van der Waals surface area contributed by atoms with Gasteiger partial charge in [-0.15, -0.1) is 0 Å². The lowest BCUT2D eigenvalue weighted by atomic mass is 9.96. The molecule has 2 heterocycles. The van der Waals surface area contributed by atoms with Crippen LogP contribution in [0.15, 0.2) is 78.9 Å². The molecule has 0 amide bonds. The molecule has 0 atom stereocenters. The number of imidazole rings is 1. The molecular weight excluding hydrogens is 392 g/mol. The van der Waals surface area contributed by atoms with E-state index in [4.69, 9.17) is 4.98 Å². The smallest absolute Gasteiger partial charge is 0.106 e. The van der Waals surface area contributed by atoms with Crippen molar-refractivity contribution in [3.05, 3.63) is 101 Å². The number of aryl methyl sites for hydroxylation is 2. The predicted molar refractivity (Wildman–Crippen MR) is 132 cm³/mol. The largest absolute Gasteiger partial charge is 0.329 e. The summed E-state index contributed by atoms with van der Waals surface area (Å²) in [7, 11) is 0. The average molecular weight is 425 g/mol. The summed E-state index contributed by atoms with van der Waals surface area (Å²) in [6, 6.07) is 29.0. The molecule has 0 saturated carbocycles. The maximum Gasteiger partial charge on any atom is 0.106 e. The fourth-order valence-electron chi connectivity index (χ4n) is 5.12. The summed E-state index contributed by atoms with van der Waals surface area (Å²) in [5, 5.41) is 0. The van der Waals surface area contributed by atoms with Gasteiger partial charge in [0.05, 0.1) is 17.1 Å². The third kappa shape index (κ3) is 4.21. The van der Waals surface area contributed by atoms with E-state index >= 15 is 0 Å². The topological polar surface area (TPSA) is 24.3 Å². The maximum atomic E-state index is 4.78. The fraction of sp³-hybridized carbons (Fsp3) is 0.321. The van der Waals surface area contributed by atoms with E-state index in [1.807, 2.05) is 0 Å². The Morgan fingerprint density at radius 2 is 1.44 bits per heavy atom. The van der Waals surface area contributed by atoms with E-state index in [0.717, 1.165) is 50.6 Å². The Balaban J connectivity index is 1.29. The molecule has 1 fully saturated rings. The molecule has 0 unspecified atom stereocenters. The van der Waals surface area contributed by atoms with Gasteiger partial charge in [-0.1, -0.05) is 66.7 Å². The molecule has 164 valence electrons. The molecule has 1 aliphatic heterocycles. The number of piperazine rings is 1. The Hall–Kier alpha value is -2.95. The van der Waals surface area contributed by atoms with Crippen LogP contribution in [0.5, 0.6) is 0 Å². The Morgan fingerprint density at radius 3 is 2.03 bits per heavy atom. The van der Waals surface area contributed by atoms with Crippen LogP contribution >= 0.6 is 0 Å². The van der Waals surface area contributed by atoms with Crippen LogP contribution in [0, 0.1) is 6.92 Å². The molecule has 5 rings (SSSR count). The van der Waals surface area contributed by atoms with Crippen LogP contribution < -0.4 is 0 Å². The predicted octanol–water partition coefficient (Wildman–Crippen LogP) is 5.27. The normalized spacial score (nSPS) is 15.6. The van der Waals surface area contributed by atoms with Crippen molar-refractivity contribution in [2.75, 3.05) is 26.2 Å². The molecule has 0 bridgehead atoms. The zero-order valence-electron chi connectivity index (χ0n) is 19.1. The highest BCUT2D eigenvalue weighted by atomic mass is 15.3. The van der Waals surface area contributed by atoms with Gasteiger partial charge in [0.15, 0.2) is 0 Å². The summed E-state index contributed by atoms with van der Waals surface area (Å²) in [4.78, 5) is 9.99. The zero-order chi connectivity index (χ0) is 21.9. The molecule has 4 heteroatoms. The maximum absolute atomic E-state index is 4.78. The molecule has 0 spiro atoms. The molecule has 1 saturated heterocycles. The summed E-state index contributed by atoms with van der Waals surface area (Å²) in [5.74, 6) is 1.10. The molecule has 4 nitrogen and oxygen atoms in total. The number of fused-ring (bicyclic) bond motifs is 1. The second-order valence-electron chi connectivity index (χ2n) is 8.76. The van der Waals surface area contributed by atoms with Gasteiger partial charge >= 0.3 is 0 Å². The van der Waals surface area contributed by atoms with E-state index < -0.39 is 0 Å². The highest BCUT2D eigenvalue weighted by Gasteiger charge is 2.26. The Kier molecular flexibility index (Phi) is 6.06. The van der Waals surface area contributed by atoms with Crippen molar-refractivity contribution < 1.29 is 0 Å². The molecule has 32 heavy (non-hydrogen) atoms. The van der Waals surface area contributed by atoms with Crippen LogP contribution in [0.2, 0.25) is 0 Å². The fourth-order valence-corrected chi connectivity index (χ4v) is 5.12. The van der Waals surface area contributed by atoms with Gasteiger partial charge in [-0.25, -0.2) is 4.98 Å². The first-order valence-electron chi connectivity index (χ1n) is 11.7. The van der Waals surface area contributed by atoms with Crippen molar-refractivity contribution in [1.29, 1.82) is 0 Å². The van der Waals surface area contributed by atoms with E-state index in [-0.39, 0.29) is 0 Å². The van der Waals surface area contributed by atoms with Gasteiger partial charge in [0.2, 0.25) is 0 Å². The summed E-state index contributed by atoms with van der Waals surface area (Å²) in [6.07, 6.45) is 0. The molecule has 4 aromatic rings. The number of nitrogens with zero attached hydrogens (tertiary/aromatic N) is 4. The zero-order valence-corrected chi connectivity index (χ0v) is 19.1. The van der Waals surface area contributed by atoms with Crippen LogP contribution in [-0.2, 0) is 13.1 Å². The van der Waals surface area contributed by atoms with Gasteiger partial charge < -0.3 is 4.57 Å². The van der Waals surface area contributed by atoms with Crippen LogP contribution in [0.3, 0.4) is 0 Å². The summed E-state index contributed by atoms with van der Waals surface area (Å²) >= 11 is 0. The standard InChI is InChI=1S/C28H32N4/c1-3-32-22(2)29-26-20-23(14-15-27(26)32)21-30-16-18-31(19-17-30)28(24-10-6-4-7-11-24)25-12-8-5-9-13-25/h4-15,20,28H,3,16-19,21H2,1-2H3. The van der Waals surface area contributed by atoms with Crippen molar-refractivity contribution in [2.45, 2.75) is 33.0 Å². The highest BCUT2D eigenvalue weighted by molar-refractivity contribution is 5.76. The highest BCUT2D eigenvalue weighted by Crippen LogP contribution is 2.29. The quantitative estimate of drug-likeness (QED) is 0.421. The van der Waals surface area contributed by atoms with Gasteiger partial charge in [0.1, 0.15) is 5.82 Å². The SMILES string of the molecule is CCn1c(C)nc2cc(CN3CCN(C(c4ccccc4)c4ccccc4)CC3)ccc21. The Labute approximate surface area is 191 Å². The summed E-state index contributed by atoms with van der Waals surface area (Å²) in [5.41, 5.74) is 6.47. The molecule has 3 aromatic carbocycles. The van der Waals surface area contributed by atoms with E-state index in [9.17, 15) is 0 Å². The molecule has 0 radical (unpaired) electrons. The van der Waals surface area contributed by atoms with Crippen LogP contribution in [0.4, 0.5) is 0 Å². The van der Waals surface area contributed by atoms with Gasteiger partial charge in [-0.2, -0.15) is 0 Å². The molecular formula is C28H32N4. The molecule has 0 N–H and O–H groups in total. The summed E-state index contributed by atoms with van der Waals surface area (Å²) < 4.78 is 2.28. The number of hydrogen-bond donors (Lipinski definition) is 0. The van der Waals surface area contributed by atoms with Crippen molar-refractivity contribution in [1.82, 2.24) is 19.4 Å². The first kappa shape index (κ1) is 20.9. The third-order valence-corrected chi connectivity index (χ3v) is 6.73. The lowest BCUT2D eigenvalue weighted by Crippen LogP contribution is -2.47. The third-order valence-electron chi connectivity index (χ3n) is 6.73. The van der Waals surface area contributed by atoms with Crippen molar-refractivity contribution in [2.24, 2.45) is 0 Å². The van der Waals surface area contributed by atoms with Gasteiger partial charge in [0.25, 0.3) is 0 Å². The molecule has 1 aromatic heterocycles. The molecule has 0 aliphatic carbocycles. The van der Waals surface area contributed by atoms with Crippen LogP contribution in [-0.4, -0.2) is 45.5 Å². The van der Waals surface area contributed by atoms with Gasteiger partial charge in [-0.05, 0) is 42.7 Å². The summed E-state index contributed by atoms with van der Waals surface area (Å²) in [6.45, 7) is 10.5. The minimum Gasteiger partial charge on any atom is -0.329 e. The number of benzene rings is 3. The van der Waals surface area contributed by atoms with E-state index in [0.29, 0.717) is 6.04 Å². The minimum atomic E-state index is 0.317. The van der Waals surface area contributed by atoms with Crippen LogP contribution in [0.1, 0.15) is 35.5 Å². The van der Waals surface area contributed by atoms with Crippen molar-refractivity contribution >= 4 is 11.0 Å². The Bertz CT molecular complexity index is 1120. The lowest BCUT2D eigenvalue weighted by Gasteiger charge is -2.39. The van der Waals surface area contributed by atoms with Gasteiger partial charge in [0, 0.05) is 39.3 Å². The van der Waals surface area contributed by atoms with Crippen molar-refractivity contribution in [3.63, 3.8) is 0 Å². The lowest BCUT2D eigenvalue weighted by molar-refractivity contribution is 0.105. The van der Waals surface area contributed by atoms with Crippen molar-refractivity contribution in [3.8, 4) is 0 Å². The number of hydrogen-bond acceptors (Lipinski definition) is 3. The first-order chi connectivity index (χ1) is 15.7. The second kappa shape index (κ2) is 9.27. The Morgan fingerprint density at radius 1 is 0.812 bits per heavy atom. The van der Waals surface area contributed by atoms with Gasteiger partial charge in [-0.3, -0.25) is 9.80 Å². The van der Waals surface area contributed by atoms with Crippen LogP contribution in [0.25, 0.3) is 11.0 Å². The first-order valence-corrected chi connectivity index (χ1v) is 11.7.